The van der Waals surface area contributed by atoms with Crippen molar-refractivity contribution in [3.8, 4) is 0 Å². The van der Waals surface area contributed by atoms with Gasteiger partial charge in [0.1, 0.15) is 6.04 Å². The first kappa shape index (κ1) is 18.9. The SMILES string of the molecule is O=C(NCc1ccccc1)[C@@H]1CCCN1S(=O)(=O)Cc1ccc(Cl)cc1. The summed E-state index contributed by atoms with van der Waals surface area (Å²) >= 11 is 5.85. The minimum Gasteiger partial charge on any atom is -0.351 e. The third-order valence-electron chi connectivity index (χ3n) is 4.44. The monoisotopic (exact) mass is 392 g/mol. The number of sulfonamides is 1. The number of halogens is 1. The van der Waals surface area contributed by atoms with Crippen LogP contribution < -0.4 is 5.32 Å². The number of rotatable bonds is 6. The van der Waals surface area contributed by atoms with E-state index < -0.39 is 16.1 Å². The molecule has 1 aliphatic heterocycles. The number of benzene rings is 2. The molecule has 0 bridgehead atoms. The largest absolute Gasteiger partial charge is 0.351 e. The van der Waals surface area contributed by atoms with Crippen LogP contribution in [0.15, 0.2) is 54.6 Å². The Morgan fingerprint density at radius 1 is 1.08 bits per heavy atom. The van der Waals surface area contributed by atoms with Gasteiger partial charge < -0.3 is 5.32 Å². The van der Waals surface area contributed by atoms with Crippen LogP contribution in [0.2, 0.25) is 5.02 Å². The van der Waals surface area contributed by atoms with Crippen LogP contribution in [0.4, 0.5) is 0 Å². The molecule has 0 unspecified atom stereocenters. The Balaban J connectivity index is 1.66. The van der Waals surface area contributed by atoms with Gasteiger partial charge >= 0.3 is 0 Å². The van der Waals surface area contributed by atoms with Gasteiger partial charge in [-0.05, 0) is 36.1 Å². The van der Waals surface area contributed by atoms with Gasteiger partial charge in [-0.2, -0.15) is 4.31 Å². The van der Waals surface area contributed by atoms with Crippen molar-refractivity contribution in [2.75, 3.05) is 6.54 Å². The zero-order valence-electron chi connectivity index (χ0n) is 14.3. The van der Waals surface area contributed by atoms with Crippen LogP contribution >= 0.6 is 11.6 Å². The van der Waals surface area contributed by atoms with Crippen molar-refractivity contribution in [2.45, 2.75) is 31.2 Å². The van der Waals surface area contributed by atoms with Gasteiger partial charge in [0, 0.05) is 18.1 Å². The van der Waals surface area contributed by atoms with Crippen molar-refractivity contribution in [3.63, 3.8) is 0 Å². The molecule has 3 rings (SSSR count). The molecule has 1 saturated heterocycles. The maximum Gasteiger partial charge on any atom is 0.238 e. The third kappa shape index (κ3) is 4.63. The van der Waals surface area contributed by atoms with E-state index in [1.807, 2.05) is 30.3 Å². The minimum absolute atomic E-state index is 0.132. The van der Waals surface area contributed by atoms with Crippen LogP contribution in [0.1, 0.15) is 24.0 Å². The molecule has 2 aromatic rings. The van der Waals surface area contributed by atoms with Gasteiger partial charge in [-0.15, -0.1) is 0 Å². The Kier molecular flexibility index (Phi) is 5.96. The number of nitrogens with zero attached hydrogens (tertiary/aromatic N) is 1. The number of carbonyl (C=O) groups excluding carboxylic acids is 1. The normalized spacial score (nSPS) is 18.0. The highest BCUT2D eigenvalue weighted by Crippen LogP contribution is 2.24. The highest BCUT2D eigenvalue weighted by Gasteiger charge is 2.38. The number of nitrogens with one attached hydrogen (secondary N) is 1. The second kappa shape index (κ2) is 8.20. The van der Waals surface area contributed by atoms with Crippen LogP contribution in [0, 0.1) is 0 Å². The summed E-state index contributed by atoms with van der Waals surface area (Å²) in [5.41, 5.74) is 1.64. The predicted octanol–water partition coefficient (Wildman–Crippen LogP) is 2.95. The van der Waals surface area contributed by atoms with Gasteiger partial charge in [-0.3, -0.25) is 4.79 Å². The van der Waals surface area contributed by atoms with Crippen molar-refractivity contribution < 1.29 is 13.2 Å². The third-order valence-corrected chi connectivity index (χ3v) is 6.54. The number of carbonyl (C=O) groups is 1. The standard InChI is InChI=1S/C19H21ClN2O3S/c20-17-10-8-16(9-11-17)14-26(24,25)22-12-4-7-18(22)19(23)21-13-15-5-2-1-3-6-15/h1-3,5-6,8-11,18H,4,7,12-14H2,(H,21,23)/t18-/m0/s1. The molecular weight excluding hydrogens is 372 g/mol. The second-order valence-electron chi connectivity index (χ2n) is 6.35. The fraction of sp³-hybridized carbons (Fsp3) is 0.316. The maximum absolute atomic E-state index is 12.8. The molecule has 0 aliphatic carbocycles. The zero-order valence-corrected chi connectivity index (χ0v) is 15.8. The lowest BCUT2D eigenvalue weighted by Crippen LogP contribution is -2.46. The summed E-state index contributed by atoms with van der Waals surface area (Å²) in [5, 5.41) is 3.41. The summed E-state index contributed by atoms with van der Waals surface area (Å²) in [6.45, 7) is 0.764. The zero-order chi connectivity index (χ0) is 18.6. The lowest BCUT2D eigenvalue weighted by Gasteiger charge is -2.23. The van der Waals surface area contributed by atoms with Gasteiger partial charge in [0.25, 0.3) is 0 Å². The molecule has 5 nitrogen and oxygen atoms in total. The number of amides is 1. The quantitative estimate of drug-likeness (QED) is 0.821. The summed E-state index contributed by atoms with van der Waals surface area (Å²) in [6.07, 6.45) is 1.23. The number of hydrogen-bond acceptors (Lipinski definition) is 3. The van der Waals surface area contributed by atoms with Gasteiger partial charge in [0.15, 0.2) is 0 Å². The van der Waals surface area contributed by atoms with Gasteiger partial charge in [0.05, 0.1) is 5.75 Å². The molecule has 1 atom stereocenters. The van der Waals surface area contributed by atoms with Crippen LogP contribution in [0.25, 0.3) is 0 Å². The van der Waals surface area contributed by atoms with Crippen molar-refractivity contribution in [1.82, 2.24) is 9.62 Å². The minimum atomic E-state index is -3.57. The Morgan fingerprint density at radius 3 is 2.46 bits per heavy atom. The van der Waals surface area contributed by atoms with E-state index >= 15 is 0 Å². The molecule has 1 heterocycles. The Bertz CT molecular complexity index is 854. The van der Waals surface area contributed by atoms with Crippen molar-refractivity contribution in [3.05, 3.63) is 70.7 Å². The molecule has 0 aromatic heterocycles. The van der Waals surface area contributed by atoms with E-state index in [-0.39, 0.29) is 11.7 Å². The van der Waals surface area contributed by atoms with Crippen LogP contribution in [-0.4, -0.2) is 31.2 Å². The Hall–Kier alpha value is -1.89. The molecule has 0 saturated carbocycles. The fourth-order valence-corrected chi connectivity index (χ4v) is 5.01. The van der Waals surface area contributed by atoms with E-state index in [2.05, 4.69) is 5.32 Å². The first-order valence-electron chi connectivity index (χ1n) is 8.51. The molecule has 2 aromatic carbocycles. The lowest BCUT2D eigenvalue weighted by atomic mass is 10.2. The molecule has 1 N–H and O–H groups in total. The molecule has 1 amide bonds. The first-order chi connectivity index (χ1) is 12.5. The lowest BCUT2D eigenvalue weighted by molar-refractivity contribution is -0.124. The fourth-order valence-electron chi connectivity index (χ4n) is 3.11. The Labute approximate surface area is 159 Å². The van der Waals surface area contributed by atoms with Crippen LogP contribution in [0.3, 0.4) is 0 Å². The molecule has 0 spiro atoms. The van der Waals surface area contributed by atoms with E-state index in [4.69, 9.17) is 11.6 Å². The molecule has 1 fully saturated rings. The van der Waals surface area contributed by atoms with E-state index in [9.17, 15) is 13.2 Å². The summed E-state index contributed by atoms with van der Waals surface area (Å²) in [4.78, 5) is 12.5. The highest BCUT2D eigenvalue weighted by atomic mass is 35.5. The smallest absolute Gasteiger partial charge is 0.238 e. The molecule has 26 heavy (non-hydrogen) atoms. The van der Waals surface area contributed by atoms with Crippen LogP contribution in [0.5, 0.6) is 0 Å². The number of hydrogen-bond donors (Lipinski definition) is 1. The Morgan fingerprint density at radius 2 is 1.77 bits per heavy atom. The average molecular weight is 393 g/mol. The molecule has 1 aliphatic rings. The van der Waals surface area contributed by atoms with Crippen molar-refractivity contribution in [1.29, 1.82) is 0 Å². The van der Waals surface area contributed by atoms with E-state index in [1.165, 1.54) is 4.31 Å². The molecular formula is C19H21ClN2O3S. The summed E-state index contributed by atoms with van der Waals surface area (Å²) in [5.74, 6) is -0.377. The average Bonchev–Trinajstić information content (AvgIpc) is 3.13. The van der Waals surface area contributed by atoms with Gasteiger partial charge in [0.2, 0.25) is 15.9 Å². The van der Waals surface area contributed by atoms with Crippen LogP contribution in [-0.2, 0) is 27.1 Å². The molecule has 138 valence electrons. The highest BCUT2D eigenvalue weighted by molar-refractivity contribution is 7.88. The molecule has 0 radical (unpaired) electrons. The topological polar surface area (TPSA) is 66.5 Å². The summed E-state index contributed by atoms with van der Waals surface area (Å²) in [7, 11) is -3.57. The van der Waals surface area contributed by atoms with Gasteiger partial charge in [-0.25, -0.2) is 8.42 Å². The summed E-state index contributed by atoms with van der Waals surface area (Å²) < 4.78 is 26.9. The van der Waals surface area contributed by atoms with E-state index in [1.54, 1.807) is 24.3 Å². The van der Waals surface area contributed by atoms with Crippen molar-refractivity contribution in [2.24, 2.45) is 0 Å². The van der Waals surface area contributed by atoms with Crippen molar-refractivity contribution >= 4 is 27.5 Å². The maximum atomic E-state index is 12.8. The van der Waals surface area contributed by atoms with Gasteiger partial charge in [-0.1, -0.05) is 54.1 Å². The second-order valence-corrected chi connectivity index (χ2v) is 8.71. The predicted molar refractivity (Wildman–Crippen MR) is 102 cm³/mol. The van der Waals surface area contributed by atoms with E-state index in [0.717, 1.165) is 5.56 Å². The first-order valence-corrected chi connectivity index (χ1v) is 10.5. The molecule has 7 heteroatoms. The summed E-state index contributed by atoms with van der Waals surface area (Å²) in [6, 6.07) is 15.6. The van der Waals surface area contributed by atoms with E-state index in [0.29, 0.717) is 36.5 Å².